The number of hydrogen-bond acceptors (Lipinski definition) is 8. The predicted octanol–water partition coefficient (Wildman–Crippen LogP) is -0.986. The van der Waals surface area contributed by atoms with Crippen molar-refractivity contribution < 1.29 is 38.0 Å². The monoisotopic (exact) mass is 401 g/mol. The first-order valence-corrected chi connectivity index (χ1v) is 9.11. The maximum Gasteiger partial charge on any atom is 0.336 e. The van der Waals surface area contributed by atoms with Gasteiger partial charge in [-0.2, -0.15) is 0 Å². The summed E-state index contributed by atoms with van der Waals surface area (Å²) >= 11 is -2.52. The quantitative estimate of drug-likeness (QED) is 0.313. The zero-order valence-corrected chi connectivity index (χ0v) is 15.0. The van der Waals surface area contributed by atoms with E-state index in [0.29, 0.717) is 5.39 Å². The Kier molecular flexibility index (Phi) is 5.91. The Labute approximate surface area is 155 Å². The van der Waals surface area contributed by atoms with Crippen molar-refractivity contribution in [1.29, 1.82) is 0 Å². The van der Waals surface area contributed by atoms with Gasteiger partial charge in [0.2, 0.25) is 17.6 Å². The number of aliphatic hydroxyl groups is 3. The summed E-state index contributed by atoms with van der Waals surface area (Å²) in [6.07, 6.45) is -5.51. The zero-order chi connectivity index (χ0) is 19.7. The Hall–Kier alpha value is -1.86. The molecule has 6 atom stereocenters. The second-order valence-corrected chi connectivity index (χ2v) is 6.86. The molecule has 27 heavy (non-hydrogen) atoms. The number of ether oxygens (including phenoxy) is 2. The highest BCUT2D eigenvalue weighted by atomic mass is 32.2. The number of aliphatic hydroxyl groups excluding tert-OH is 3. The summed E-state index contributed by atoms with van der Waals surface area (Å²) in [6, 6.07) is 4.75. The molecule has 0 amide bonds. The van der Waals surface area contributed by atoms with Crippen LogP contribution < -0.4 is 15.1 Å². The fraction of sp³-hybridized carbons (Fsp3) is 0.438. The van der Waals surface area contributed by atoms with E-state index in [-0.39, 0.29) is 11.3 Å². The van der Waals surface area contributed by atoms with Crippen molar-refractivity contribution in [3.8, 4) is 5.75 Å². The normalized spacial score (nSPS) is 29.6. The van der Waals surface area contributed by atoms with Crippen LogP contribution in [0.3, 0.4) is 0 Å². The minimum Gasteiger partial charge on any atom is -0.463 e. The Balaban J connectivity index is 1.91. The van der Waals surface area contributed by atoms with Gasteiger partial charge in [0.15, 0.2) is 0 Å². The van der Waals surface area contributed by atoms with Gasteiger partial charge in [-0.25, -0.2) is 13.7 Å². The van der Waals surface area contributed by atoms with Gasteiger partial charge in [0.05, 0.1) is 6.61 Å². The topological polar surface area (TPSA) is 159 Å². The molecule has 1 aromatic carbocycles. The van der Waals surface area contributed by atoms with Crippen molar-refractivity contribution in [2.75, 3.05) is 6.61 Å². The lowest BCUT2D eigenvalue weighted by molar-refractivity contribution is -0.241. The van der Waals surface area contributed by atoms with Crippen molar-refractivity contribution in [1.82, 2.24) is 4.72 Å². The Bertz CT molecular complexity index is 901. The van der Waals surface area contributed by atoms with Crippen LogP contribution in [-0.2, 0) is 16.0 Å². The van der Waals surface area contributed by atoms with Crippen molar-refractivity contribution in [2.24, 2.45) is 0 Å². The lowest BCUT2D eigenvalue weighted by atomic mass is 9.98. The molecule has 1 aliphatic rings. The largest absolute Gasteiger partial charge is 0.463 e. The van der Waals surface area contributed by atoms with Crippen LogP contribution in [0.15, 0.2) is 33.5 Å². The minimum atomic E-state index is -2.52. The molecule has 0 radical (unpaired) electrons. The molecular formula is C16H19NO9S. The molecular weight excluding hydrogens is 382 g/mol. The molecule has 1 aromatic heterocycles. The van der Waals surface area contributed by atoms with E-state index in [4.69, 9.17) is 18.4 Å². The van der Waals surface area contributed by atoms with Gasteiger partial charge < -0.3 is 29.2 Å². The van der Waals surface area contributed by atoms with E-state index in [1.165, 1.54) is 12.1 Å². The predicted molar refractivity (Wildman–Crippen MR) is 93.3 cm³/mol. The molecule has 3 rings (SSSR count). The maximum absolute atomic E-state index is 11.5. The second kappa shape index (κ2) is 8.02. The summed E-state index contributed by atoms with van der Waals surface area (Å²) in [5.41, 5.74) is 0.457. The van der Waals surface area contributed by atoms with Crippen LogP contribution in [-0.4, -0.2) is 61.3 Å². The van der Waals surface area contributed by atoms with E-state index in [0.717, 1.165) is 5.56 Å². The average Bonchev–Trinajstić information content (AvgIpc) is 2.60. The molecule has 1 unspecified atom stereocenters. The van der Waals surface area contributed by atoms with Gasteiger partial charge in [0, 0.05) is 17.5 Å². The van der Waals surface area contributed by atoms with E-state index < -0.39 is 54.1 Å². The minimum absolute atomic E-state index is 0.192. The van der Waals surface area contributed by atoms with Crippen LogP contribution in [0.25, 0.3) is 11.0 Å². The molecule has 11 heteroatoms. The van der Waals surface area contributed by atoms with E-state index in [1.54, 1.807) is 19.1 Å². The molecule has 148 valence electrons. The van der Waals surface area contributed by atoms with Crippen LogP contribution in [0.1, 0.15) is 5.56 Å². The third kappa shape index (κ3) is 4.19. The first kappa shape index (κ1) is 19.9. The number of nitrogens with one attached hydrogen (secondary N) is 1. The van der Waals surface area contributed by atoms with E-state index in [2.05, 4.69) is 4.72 Å². The molecule has 5 N–H and O–H groups in total. The molecule has 0 saturated carbocycles. The van der Waals surface area contributed by atoms with Gasteiger partial charge in [-0.1, -0.05) is 0 Å². The third-order valence-corrected chi connectivity index (χ3v) is 4.77. The highest BCUT2D eigenvalue weighted by Gasteiger charge is 2.46. The van der Waals surface area contributed by atoms with Gasteiger partial charge in [-0.15, -0.1) is 0 Å². The summed E-state index contributed by atoms with van der Waals surface area (Å²) < 4.78 is 38.5. The lowest BCUT2D eigenvalue weighted by Crippen LogP contribution is -2.64. The molecule has 1 aliphatic heterocycles. The molecule has 2 heterocycles. The molecule has 0 spiro atoms. The van der Waals surface area contributed by atoms with Gasteiger partial charge >= 0.3 is 5.63 Å². The van der Waals surface area contributed by atoms with Crippen LogP contribution in [0.2, 0.25) is 0 Å². The molecule has 0 bridgehead atoms. The molecule has 2 aromatic rings. The van der Waals surface area contributed by atoms with E-state index >= 15 is 0 Å². The Morgan fingerprint density at radius 3 is 2.67 bits per heavy atom. The van der Waals surface area contributed by atoms with Gasteiger partial charge in [-0.05, 0) is 24.6 Å². The van der Waals surface area contributed by atoms with E-state index in [1.807, 2.05) is 0 Å². The zero-order valence-electron chi connectivity index (χ0n) is 14.1. The van der Waals surface area contributed by atoms with Crippen LogP contribution in [0.4, 0.5) is 0 Å². The Morgan fingerprint density at radius 2 is 2.00 bits per heavy atom. The molecule has 0 aliphatic carbocycles. The van der Waals surface area contributed by atoms with Crippen LogP contribution >= 0.6 is 0 Å². The van der Waals surface area contributed by atoms with E-state index in [9.17, 15) is 24.3 Å². The Morgan fingerprint density at radius 1 is 1.26 bits per heavy atom. The van der Waals surface area contributed by atoms with Crippen molar-refractivity contribution in [3.63, 3.8) is 0 Å². The van der Waals surface area contributed by atoms with Gasteiger partial charge in [0.1, 0.15) is 35.7 Å². The average molecular weight is 401 g/mol. The van der Waals surface area contributed by atoms with Crippen molar-refractivity contribution in [2.45, 2.75) is 37.6 Å². The van der Waals surface area contributed by atoms with Crippen molar-refractivity contribution >= 4 is 22.2 Å². The summed E-state index contributed by atoms with van der Waals surface area (Å²) in [6.45, 7) is 1.16. The summed E-state index contributed by atoms with van der Waals surface area (Å²) in [5.74, 6) is 0.192. The fourth-order valence-corrected chi connectivity index (χ4v) is 3.42. The lowest BCUT2D eigenvalue weighted by Gasteiger charge is -2.41. The maximum atomic E-state index is 11.5. The molecule has 1 saturated heterocycles. The van der Waals surface area contributed by atoms with Crippen molar-refractivity contribution in [3.05, 3.63) is 40.2 Å². The number of hydrogen-bond donors (Lipinski definition) is 5. The number of aryl methyl sites for hydroxylation is 1. The van der Waals surface area contributed by atoms with Gasteiger partial charge in [0.25, 0.3) is 0 Å². The third-order valence-electron chi connectivity index (χ3n) is 4.29. The molecule has 1 fully saturated rings. The molecule has 10 nitrogen and oxygen atoms in total. The first-order valence-electron chi connectivity index (χ1n) is 8.01. The smallest absolute Gasteiger partial charge is 0.336 e. The highest BCUT2D eigenvalue weighted by Crippen LogP contribution is 2.27. The summed E-state index contributed by atoms with van der Waals surface area (Å²) in [5, 5.41) is 30.1. The SMILES string of the molecule is Cc1cc(=O)oc2cc(O[C@H]3O[C@H](CO)[C@@H](O)[C@H](O)[C@H]3NS(=O)O)ccc12. The summed E-state index contributed by atoms with van der Waals surface area (Å²) in [4.78, 5) is 11.5. The standard InChI is InChI=1S/C16H19NO9S/c1-7-4-12(19)25-10-5-8(2-3-9(7)10)24-16-13(17-27(22)23)15(21)14(20)11(6-18)26-16/h2-5,11,13-18,20-21H,6H2,1H3,(H,22,23)/t11-,13-,14-,15-,16+/m1/s1. The fourth-order valence-electron chi connectivity index (χ4n) is 2.94. The summed E-state index contributed by atoms with van der Waals surface area (Å²) in [7, 11) is 0. The number of rotatable bonds is 5. The number of fused-ring (bicyclic) bond motifs is 1. The van der Waals surface area contributed by atoms with Crippen LogP contribution in [0, 0.1) is 6.92 Å². The number of benzene rings is 1. The highest BCUT2D eigenvalue weighted by molar-refractivity contribution is 7.77. The first-order chi connectivity index (χ1) is 12.8. The van der Waals surface area contributed by atoms with Gasteiger partial charge in [-0.3, -0.25) is 4.55 Å². The van der Waals surface area contributed by atoms with Crippen LogP contribution in [0.5, 0.6) is 5.75 Å². The second-order valence-electron chi connectivity index (χ2n) is 6.12.